The van der Waals surface area contributed by atoms with E-state index in [4.69, 9.17) is 11.6 Å². The Morgan fingerprint density at radius 1 is 1.22 bits per heavy atom. The van der Waals surface area contributed by atoms with E-state index in [0.29, 0.717) is 0 Å². The van der Waals surface area contributed by atoms with Crippen LogP contribution in [0.25, 0.3) is 10.9 Å². The van der Waals surface area contributed by atoms with Gasteiger partial charge >= 0.3 is 0 Å². The van der Waals surface area contributed by atoms with Gasteiger partial charge in [-0.05, 0) is 13.0 Å². The average molecular weight is 262 g/mol. The summed E-state index contributed by atoms with van der Waals surface area (Å²) in [5, 5.41) is 5.30. The summed E-state index contributed by atoms with van der Waals surface area (Å²) in [5.41, 5.74) is 3.07. The molecule has 3 rings (SSSR count). The number of halogens is 1. The number of hydrogen-bond acceptors (Lipinski definition) is 3. The van der Waals surface area contributed by atoms with Crippen molar-refractivity contribution in [2.75, 3.05) is 31.1 Å². The maximum atomic E-state index is 6.48. The Labute approximate surface area is 112 Å². The molecule has 1 aromatic heterocycles. The summed E-state index contributed by atoms with van der Waals surface area (Å²) in [6, 6.07) is 8.21. The van der Waals surface area contributed by atoms with E-state index >= 15 is 0 Å². The first-order valence-electron chi connectivity index (χ1n) is 6.28. The van der Waals surface area contributed by atoms with Crippen LogP contribution in [0, 0.1) is 6.92 Å². The van der Waals surface area contributed by atoms with Crippen molar-refractivity contribution in [3.8, 4) is 0 Å². The van der Waals surface area contributed by atoms with E-state index in [1.165, 1.54) is 0 Å². The van der Waals surface area contributed by atoms with Crippen LogP contribution < -0.4 is 10.2 Å². The minimum Gasteiger partial charge on any atom is -0.367 e. The number of aromatic nitrogens is 1. The van der Waals surface area contributed by atoms with Gasteiger partial charge in [-0.15, -0.1) is 0 Å². The van der Waals surface area contributed by atoms with E-state index in [1.807, 2.05) is 25.1 Å². The van der Waals surface area contributed by atoms with Crippen molar-refractivity contribution >= 4 is 28.2 Å². The van der Waals surface area contributed by atoms with E-state index < -0.39 is 0 Å². The molecule has 0 aliphatic carbocycles. The molecule has 94 valence electrons. The fourth-order valence-electron chi connectivity index (χ4n) is 2.49. The number of fused-ring (bicyclic) bond motifs is 1. The lowest BCUT2D eigenvalue weighted by Gasteiger charge is -2.31. The second kappa shape index (κ2) is 4.75. The molecule has 0 radical (unpaired) electrons. The summed E-state index contributed by atoms with van der Waals surface area (Å²) in [4.78, 5) is 6.91. The van der Waals surface area contributed by atoms with Gasteiger partial charge in [-0.25, -0.2) is 0 Å². The SMILES string of the molecule is Cc1nc2ccccc2c(N2CCNCC2)c1Cl. The Hall–Kier alpha value is -1.32. The Bertz CT molecular complexity index is 577. The summed E-state index contributed by atoms with van der Waals surface area (Å²) < 4.78 is 0. The van der Waals surface area contributed by atoms with E-state index in [1.54, 1.807) is 0 Å². The number of rotatable bonds is 1. The molecular weight excluding hydrogens is 246 g/mol. The van der Waals surface area contributed by atoms with Gasteiger partial charge < -0.3 is 10.2 Å². The Kier molecular flexibility index (Phi) is 3.10. The normalized spacial score (nSPS) is 16.2. The van der Waals surface area contributed by atoms with Crippen molar-refractivity contribution in [1.29, 1.82) is 0 Å². The highest BCUT2D eigenvalue weighted by atomic mass is 35.5. The minimum absolute atomic E-state index is 0.788. The molecule has 1 aliphatic heterocycles. The predicted molar refractivity (Wildman–Crippen MR) is 76.6 cm³/mol. The maximum absolute atomic E-state index is 6.48. The zero-order chi connectivity index (χ0) is 12.5. The van der Waals surface area contributed by atoms with Crippen LogP contribution in [0.1, 0.15) is 5.69 Å². The van der Waals surface area contributed by atoms with E-state index in [9.17, 15) is 0 Å². The van der Waals surface area contributed by atoms with E-state index in [2.05, 4.69) is 21.3 Å². The number of nitrogens with zero attached hydrogens (tertiary/aromatic N) is 2. The maximum Gasteiger partial charge on any atom is 0.0858 e. The molecule has 1 aliphatic rings. The fourth-order valence-corrected chi connectivity index (χ4v) is 2.75. The fraction of sp³-hybridized carbons (Fsp3) is 0.357. The third-order valence-electron chi connectivity index (χ3n) is 3.41. The van der Waals surface area contributed by atoms with Gasteiger partial charge in [0, 0.05) is 31.6 Å². The summed E-state index contributed by atoms with van der Waals surface area (Å²) in [6.45, 7) is 5.97. The average Bonchev–Trinajstić information content (AvgIpc) is 2.41. The van der Waals surface area contributed by atoms with E-state index in [-0.39, 0.29) is 0 Å². The molecule has 0 spiro atoms. The summed E-state index contributed by atoms with van der Waals surface area (Å²) in [5.74, 6) is 0. The molecule has 1 fully saturated rings. The number of para-hydroxylation sites is 1. The second-order valence-corrected chi connectivity index (χ2v) is 4.99. The van der Waals surface area contributed by atoms with Gasteiger partial charge in [0.1, 0.15) is 0 Å². The zero-order valence-electron chi connectivity index (χ0n) is 10.4. The van der Waals surface area contributed by atoms with Gasteiger partial charge in [-0.1, -0.05) is 29.8 Å². The molecule has 1 aromatic carbocycles. The Morgan fingerprint density at radius 3 is 2.72 bits per heavy atom. The van der Waals surface area contributed by atoms with Crippen LogP contribution in [-0.2, 0) is 0 Å². The van der Waals surface area contributed by atoms with Crippen molar-refractivity contribution < 1.29 is 0 Å². The van der Waals surface area contributed by atoms with Crippen molar-refractivity contribution in [3.05, 3.63) is 35.0 Å². The molecule has 18 heavy (non-hydrogen) atoms. The summed E-state index contributed by atoms with van der Waals surface area (Å²) in [6.07, 6.45) is 0. The molecular formula is C14H16ClN3. The molecule has 0 unspecified atom stereocenters. The quantitative estimate of drug-likeness (QED) is 0.855. The first kappa shape index (κ1) is 11.8. The molecule has 0 bridgehead atoms. The van der Waals surface area contributed by atoms with Crippen LogP contribution in [0.15, 0.2) is 24.3 Å². The highest BCUT2D eigenvalue weighted by Crippen LogP contribution is 2.35. The lowest BCUT2D eigenvalue weighted by atomic mass is 10.1. The molecule has 3 nitrogen and oxygen atoms in total. The van der Waals surface area contributed by atoms with Crippen LogP contribution in [0.3, 0.4) is 0 Å². The first-order valence-corrected chi connectivity index (χ1v) is 6.65. The number of aryl methyl sites for hydroxylation is 1. The topological polar surface area (TPSA) is 28.2 Å². The van der Waals surface area contributed by atoms with Crippen LogP contribution in [0.4, 0.5) is 5.69 Å². The Morgan fingerprint density at radius 2 is 1.94 bits per heavy atom. The molecule has 2 aromatic rings. The molecule has 2 heterocycles. The van der Waals surface area contributed by atoms with Gasteiger partial charge in [-0.2, -0.15) is 0 Å². The smallest absolute Gasteiger partial charge is 0.0858 e. The standard InChI is InChI=1S/C14H16ClN3/c1-10-13(15)14(18-8-6-16-7-9-18)11-4-2-3-5-12(11)17-10/h2-5,16H,6-9H2,1H3. The lowest BCUT2D eigenvalue weighted by molar-refractivity contribution is 0.590. The van der Waals surface area contributed by atoms with Gasteiger partial charge in [0.25, 0.3) is 0 Å². The molecule has 1 saturated heterocycles. The Balaban J connectivity index is 2.21. The third-order valence-corrected chi connectivity index (χ3v) is 3.86. The number of pyridine rings is 1. The predicted octanol–water partition coefficient (Wildman–Crippen LogP) is 2.61. The third kappa shape index (κ3) is 1.93. The van der Waals surface area contributed by atoms with Crippen molar-refractivity contribution in [1.82, 2.24) is 10.3 Å². The number of piperazine rings is 1. The molecule has 0 atom stereocenters. The summed E-state index contributed by atoms with van der Waals surface area (Å²) >= 11 is 6.48. The summed E-state index contributed by atoms with van der Waals surface area (Å²) in [7, 11) is 0. The van der Waals surface area contributed by atoms with Gasteiger partial charge in [0.15, 0.2) is 0 Å². The van der Waals surface area contributed by atoms with Crippen molar-refractivity contribution in [2.45, 2.75) is 6.92 Å². The molecule has 4 heteroatoms. The first-order chi connectivity index (χ1) is 8.77. The van der Waals surface area contributed by atoms with Crippen LogP contribution in [-0.4, -0.2) is 31.2 Å². The van der Waals surface area contributed by atoms with Crippen LogP contribution in [0.2, 0.25) is 5.02 Å². The number of anilines is 1. The monoisotopic (exact) mass is 261 g/mol. The van der Waals surface area contributed by atoms with Gasteiger partial charge in [-0.3, -0.25) is 4.98 Å². The highest BCUT2D eigenvalue weighted by molar-refractivity contribution is 6.35. The van der Waals surface area contributed by atoms with Crippen molar-refractivity contribution in [2.24, 2.45) is 0 Å². The van der Waals surface area contributed by atoms with Crippen LogP contribution in [0.5, 0.6) is 0 Å². The largest absolute Gasteiger partial charge is 0.367 e. The lowest BCUT2D eigenvalue weighted by Crippen LogP contribution is -2.43. The number of nitrogens with one attached hydrogen (secondary N) is 1. The van der Waals surface area contributed by atoms with Gasteiger partial charge in [0.2, 0.25) is 0 Å². The van der Waals surface area contributed by atoms with E-state index in [0.717, 1.165) is 53.5 Å². The number of hydrogen-bond donors (Lipinski definition) is 1. The molecule has 1 N–H and O–H groups in total. The number of benzene rings is 1. The second-order valence-electron chi connectivity index (χ2n) is 4.61. The van der Waals surface area contributed by atoms with Crippen LogP contribution >= 0.6 is 11.6 Å². The minimum atomic E-state index is 0.788. The zero-order valence-corrected chi connectivity index (χ0v) is 11.2. The highest BCUT2D eigenvalue weighted by Gasteiger charge is 2.18. The van der Waals surface area contributed by atoms with Gasteiger partial charge in [0.05, 0.1) is 21.9 Å². The van der Waals surface area contributed by atoms with Crippen molar-refractivity contribution in [3.63, 3.8) is 0 Å². The molecule has 0 amide bonds. The molecule has 0 saturated carbocycles.